The average molecular weight is 229 g/mol. The number of halogens is 1. The van der Waals surface area contributed by atoms with E-state index < -0.39 is 0 Å². The fraction of sp³-hybridized carbons (Fsp3) is 0.0769. The Morgan fingerprint density at radius 1 is 1.31 bits per heavy atom. The SMILES string of the molecule is Cc1ccccc1-c1cnc(Cl)c(C#N)c1. The summed E-state index contributed by atoms with van der Waals surface area (Å²) in [6.07, 6.45) is 1.69. The van der Waals surface area contributed by atoms with Gasteiger partial charge in [0.05, 0.1) is 5.56 Å². The molecule has 1 aromatic carbocycles. The molecule has 78 valence electrons. The first-order chi connectivity index (χ1) is 7.72. The third-order valence-corrected chi connectivity index (χ3v) is 2.72. The maximum atomic E-state index is 8.88. The normalized spacial score (nSPS) is 9.81. The first-order valence-corrected chi connectivity index (χ1v) is 5.22. The maximum absolute atomic E-state index is 8.88. The number of aryl methyl sites for hydroxylation is 1. The Morgan fingerprint density at radius 3 is 2.75 bits per heavy atom. The Hall–Kier alpha value is -1.85. The standard InChI is InChI=1S/C13H9ClN2/c1-9-4-2-3-5-12(9)11-6-10(7-15)13(14)16-8-11/h2-6,8H,1H3. The molecule has 0 bridgehead atoms. The summed E-state index contributed by atoms with van der Waals surface area (Å²) in [4.78, 5) is 4.01. The molecule has 0 radical (unpaired) electrons. The average Bonchev–Trinajstić information content (AvgIpc) is 2.31. The monoisotopic (exact) mass is 228 g/mol. The molecule has 0 aliphatic carbocycles. The summed E-state index contributed by atoms with van der Waals surface area (Å²) in [5.41, 5.74) is 3.54. The number of rotatable bonds is 1. The van der Waals surface area contributed by atoms with E-state index in [1.807, 2.05) is 37.3 Å². The smallest absolute Gasteiger partial charge is 0.146 e. The molecule has 0 unspecified atom stereocenters. The number of nitriles is 1. The Labute approximate surface area is 99.1 Å². The first-order valence-electron chi connectivity index (χ1n) is 4.84. The van der Waals surface area contributed by atoms with E-state index >= 15 is 0 Å². The number of benzene rings is 1. The van der Waals surface area contributed by atoms with Gasteiger partial charge in [-0.25, -0.2) is 4.98 Å². The highest BCUT2D eigenvalue weighted by Gasteiger charge is 2.06. The van der Waals surface area contributed by atoms with Crippen LogP contribution in [0.5, 0.6) is 0 Å². The topological polar surface area (TPSA) is 36.7 Å². The van der Waals surface area contributed by atoms with Gasteiger partial charge in [-0.1, -0.05) is 35.9 Å². The fourth-order valence-electron chi connectivity index (χ4n) is 1.57. The Balaban J connectivity index is 2.59. The van der Waals surface area contributed by atoms with Gasteiger partial charge in [-0.2, -0.15) is 5.26 Å². The van der Waals surface area contributed by atoms with E-state index in [1.165, 1.54) is 0 Å². The van der Waals surface area contributed by atoms with Crippen LogP contribution in [0.3, 0.4) is 0 Å². The summed E-state index contributed by atoms with van der Waals surface area (Å²) in [7, 11) is 0. The zero-order valence-electron chi connectivity index (χ0n) is 8.74. The Bertz CT molecular complexity index is 570. The molecule has 0 spiro atoms. The Morgan fingerprint density at radius 2 is 2.06 bits per heavy atom. The van der Waals surface area contributed by atoms with Crippen molar-refractivity contribution in [2.75, 3.05) is 0 Å². The largest absolute Gasteiger partial charge is 0.243 e. The molecular weight excluding hydrogens is 220 g/mol. The van der Waals surface area contributed by atoms with Crippen molar-refractivity contribution in [3.05, 3.63) is 52.8 Å². The van der Waals surface area contributed by atoms with Crippen LogP contribution in [0.2, 0.25) is 5.15 Å². The minimum atomic E-state index is 0.250. The van der Waals surface area contributed by atoms with Gasteiger partial charge in [-0.05, 0) is 24.1 Å². The van der Waals surface area contributed by atoms with Crippen molar-refractivity contribution in [2.45, 2.75) is 6.92 Å². The highest BCUT2D eigenvalue weighted by atomic mass is 35.5. The molecule has 0 aliphatic heterocycles. The number of pyridine rings is 1. The number of nitrogens with zero attached hydrogens (tertiary/aromatic N) is 2. The summed E-state index contributed by atoms with van der Waals surface area (Å²) >= 11 is 5.79. The third-order valence-electron chi connectivity index (χ3n) is 2.42. The summed E-state index contributed by atoms with van der Waals surface area (Å²) in [6, 6.07) is 11.8. The fourth-order valence-corrected chi connectivity index (χ4v) is 1.72. The summed E-state index contributed by atoms with van der Waals surface area (Å²) < 4.78 is 0. The van der Waals surface area contributed by atoms with Crippen molar-refractivity contribution in [3.8, 4) is 17.2 Å². The summed E-state index contributed by atoms with van der Waals surface area (Å²) in [5.74, 6) is 0. The van der Waals surface area contributed by atoms with Crippen molar-refractivity contribution in [1.29, 1.82) is 5.26 Å². The molecule has 2 aromatic rings. The Kier molecular flexibility index (Phi) is 2.89. The first kappa shape index (κ1) is 10.7. The van der Waals surface area contributed by atoms with Gasteiger partial charge in [0.25, 0.3) is 0 Å². The van der Waals surface area contributed by atoms with Crippen LogP contribution in [0.1, 0.15) is 11.1 Å². The number of hydrogen-bond acceptors (Lipinski definition) is 2. The molecule has 0 amide bonds. The van der Waals surface area contributed by atoms with Gasteiger partial charge in [-0.15, -0.1) is 0 Å². The van der Waals surface area contributed by atoms with E-state index in [4.69, 9.17) is 16.9 Å². The van der Waals surface area contributed by atoms with Crippen LogP contribution in [0.4, 0.5) is 0 Å². The van der Waals surface area contributed by atoms with Gasteiger partial charge < -0.3 is 0 Å². The molecule has 0 N–H and O–H groups in total. The van der Waals surface area contributed by atoms with Crippen LogP contribution in [0.25, 0.3) is 11.1 Å². The van der Waals surface area contributed by atoms with E-state index in [-0.39, 0.29) is 5.15 Å². The number of aromatic nitrogens is 1. The molecular formula is C13H9ClN2. The van der Waals surface area contributed by atoms with E-state index in [9.17, 15) is 0 Å². The van der Waals surface area contributed by atoms with Gasteiger partial charge in [0, 0.05) is 11.8 Å². The quantitative estimate of drug-likeness (QED) is 0.700. The van der Waals surface area contributed by atoms with Gasteiger partial charge in [0.1, 0.15) is 11.2 Å². The second kappa shape index (κ2) is 4.34. The van der Waals surface area contributed by atoms with E-state index in [2.05, 4.69) is 4.98 Å². The lowest BCUT2D eigenvalue weighted by Gasteiger charge is -2.05. The van der Waals surface area contributed by atoms with Crippen LogP contribution < -0.4 is 0 Å². The predicted octanol–water partition coefficient (Wildman–Crippen LogP) is 3.58. The maximum Gasteiger partial charge on any atom is 0.146 e. The molecule has 16 heavy (non-hydrogen) atoms. The third kappa shape index (κ3) is 1.91. The highest BCUT2D eigenvalue weighted by Crippen LogP contribution is 2.25. The lowest BCUT2D eigenvalue weighted by molar-refractivity contribution is 1.29. The summed E-state index contributed by atoms with van der Waals surface area (Å²) in [5, 5.41) is 9.13. The lowest BCUT2D eigenvalue weighted by Crippen LogP contribution is -1.87. The molecule has 0 aliphatic rings. The van der Waals surface area contributed by atoms with Crippen LogP contribution in [-0.2, 0) is 0 Å². The van der Waals surface area contributed by atoms with Gasteiger partial charge in [-0.3, -0.25) is 0 Å². The second-order valence-electron chi connectivity index (χ2n) is 3.49. The van der Waals surface area contributed by atoms with Crippen molar-refractivity contribution in [3.63, 3.8) is 0 Å². The van der Waals surface area contributed by atoms with Crippen LogP contribution in [0, 0.1) is 18.3 Å². The minimum absolute atomic E-state index is 0.250. The molecule has 0 fully saturated rings. The zero-order chi connectivity index (χ0) is 11.5. The molecule has 2 nitrogen and oxygen atoms in total. The molecule has 0 saturated carbocycles. The molecule has 0 saturated heterocycles. The molecule has 1 aromatic heterocycles. The van der Waals surface area contributed by atoms with Crippen molar-refractivity contribution in [1.82, 2.24) is 4.98 Å². The van der Waals surface area contributed by atoms with Crippen LogP contribution >= 0.6 is 11.6 Å². The van der Waals surface area contributed by atoms with Crippen molar-refractivity contribution >= 4 is 11.6 Å². The molecule has 3 heteroatoms. The van der Waals surface area contributed by atoms with Crippen LogP contribution in [-0.4, -0.2) is 4.98 Å². The molecule has 2 rings (SSSR count). The predicted molar refractivity (Wildman–Crippen MR) is 64.1 cm³/mol. The lowest BCUT2D eigenvalue weighted by atomic mass is 10.0. The highest BCUT2D eigenvalue weighted by molar-refractivity contribution is 6.30. The van der Waals surface area contributed by atoms with Gasteiger partial charge >= 0.3 is 0 Å². The van der Waals surface area contributed by atoms with Crippen LogP contribution in [0.15, 0.2) is 36.5 Å². The minimum Gasteiger partial charge on any atom is -0.243 e. The van der Waals surface area contributed by atoms with Gasteiger partial charge in [0.2, 0.25) is 0 Å². The van der Waals surface area contributed by atoms with E-state index in [0.717, 1.165) is 16.7 Å². The van der Waals surface area contributed by atoms with Crippen molar-refractivity contribution < 1.29 is 0 Å². The van der Waals surface area contributed by atoms with E-state index in [1.54, 1.807) is 12.3 Å². The summed E-state index contributed by atoms with van der Waals surface area (Å²) in [6.45, 7) is 2.02. The molecule has 1 heterocycles. The van der Waals surface area contributed by atoms with Crippen molar-refractivity contribution in [2.24, 2.45) is 0 Å². The van der Waals surface area contributed by atoms with E-state index in [0.29, 0.717) is 5.56 Å². The zero-order valence-corrected chi connectivity index (χ0v) is 9.49. The second-order valence-corrected chi connectivity index (χ2v) is 3.85. The molecule has 0 atom stereocenters. The van der Waals surface area contributed by atoms with Gasteiger partial charge in [0.15, 0.2) is 0 Å². The number of hydrogen-bond donors (Lipinski definition) is 0.